The summed E-state index contributed by atoms with van der Waals surface area (Å²) in [6, 6.07) is 9.94. The van der Waals surface area contributed by atoms with Gasteiger partial charge < -0.3 is 15.6 Å². The van der Waals surface area contributed by atoms with Gasteiger partial charge in [-0.3, -0.25) is 9.69 Å². The number of methoxy groups -OCH3 is 1. The van der Waals surface area contributed by atoms with Crippen molar-refractivity contribution < 1.29 is 23.4 Å². The summed E-state index contributed by atoms with van der Waals surface area (Å²) in [5.41, 5.74) is 7.02. The van der Waals surface area contributed by atoms with E-state index in [1.54, 1.807) is 6.07 Å². The highest BCUT2D eigenvalue weighted by Crippen LogP contribution is 2.48. The van der Waals surface area contributed by atoms with Crippen molar-refractivity contribution in [3.63, 3.8) is 0 Å². The Labute approximate surface area is 177 Å². The molecule has 2 aromatic rings. The van der Waals surface area contributed by atoms with Crippen molar-refractivity contribution in [2.75, 3.05) is 12.0 Å². The molecule has 0 radical (unpaired) electrons. The standard InChI is InChI=1S/C23H19F2N3O3/c1-31-19-10-12(8-9-17(19)29)20-13(11-26)23(27)28(16-6-3-7-18(30)21(16)20)22-14(24)4-2-5-15(22)25/h2,4-5,8-10,20,29H,3,6-7,27H2,1H3/t20-/m1/s1. The normalized spacial score (nSPS) is 18.7. The number of halogens is 2. The zero-order chi connectivity index (χ0) is 22.3. The SMILES string of the molecule is COc1cc([C@@H]2C(C#N)=C(N)N(c3c(F)cccc3F)C3=C2C(=O)CCC3)ccc1O. The minimum absolute atomic E-state index is 0.00982. The molecule has 0 aromatic heterocycles. The topological polar surface area (TPSA) is 99.6 Å². The number of phenolic OH excluding ortho intramolecular Hbond substituents is 1. The minimum atomic E-state index is -0.852. The van der Waals surface area contributed by atoms with Gasteiger partial charge in [0, 0.05) is 17.7 Å². The van der Waals surface area contributed by atoms with E-state index in [0.717, 1.165) is 17.0 Å². The van der Waals surface area contributed by atoms with Crippen LogP contribution in [0.4, 0.5) is 14.5 Å². The first-order valence-corrected chi connectivity index (χ1v) is 9.66. The number of carbonyl (C=O) groups excluding carboxylic acids is 1. The summed E-state index contributed by atoms with van der Waals surface area (Å²) in [6.07, 6.45) is 1.10. The first-order chi connectivity index (χ1) is 14.9. The molecule has 2 aromatic carbocycles. The predicted molar refractivity (Wildman–Crippen MR) is 109 cm³/mol. The number of benzene rings is 2. The van der Waals surface area contributed by atoms with Crippen molar-refractivity contribution in [1.29, 1.82) is 5.26 Å². The Morgan fingerprint density at radius 3 is 2.58 bits per heavy atom. The molecule has 1 aliphatic carbocycles. The summed E-state index contributed by atoms with van der Waals surface area (Å²) in [4.78, 5) is 14.2. The van der Waals surface area contributed by atoms with Crippen LogP contribution in [0.15, 0.2) is 59.1 Å². The van der Waals surface area contributed by atoms with Crippen LogP contribution in [0.2, 0.25) is 0 Å². The molecule has 4 rings (SSSR count). The predicted octanol–water partition coefficient (Wildman–Crippen LogP) is 3.98. The molecule has 2 aliphatic rings. The molecular weight excluding hydrogens is 404 g/mol. The van der Waals surface area contributed by atoms with Crippen molar-refractivity contribution in [2.45, 2.75) is 25.2 Å². The highest BCUT2D eigenvalue weighted by Gasteiger charge is 2.41. The van der Waals surface area contributed by atoms with Gasteiger partial charge in [0.15, 0.2) is 17.3 Å². The molecule has 6 nitrogen and oxygen atoms in total. The Morgan fingerprint density at radius 1 is 1.23 bits per heavy atom. The number of anilines is 1. The van der Waals surface area contributed by atoms with Crippen LogP contribution < -0.4 is 15.4 Å². The van der Waals surface area contributed by atoms with Gasteiger partial charge in [0.05, 0.1) is 24.7 Å². The zero-order valence-corrected chi connectivity index (χ0v) is 16.7. The van der Waals surface area contributed by atoms with E-state index < -0.39 is 23.2 Å². The molecule has 0 saturated carbocycles. The summed E-state index contributed by atoms with van der Waals surface area (Å²) in [5, 5.41) is 19.9. The maximum atomic E-state index is 14.7. The lowest BCUT2D eigenvalue weighted by molar-refractivity contribution is -0.116. The Kier molecular flexibility index (Phi) is 5.11. The van der Waals surface area contributed by atoms with Gasteiger partial charge in [-0.1, -0.05) is 12.1 Å². The number of rotatable bonds is 3. The van der Waals surface area contributed by atoms with Gasteiger partial charge in [0.25, 0.3) is 0 Å². The summed E-state index contributed by atoms with van der Waals surface area (Å²) in [7, 11) is 1.38. The van der Waals surface area contributed by atoms with Crippen LogP contribution in [0, 0.1) is 23.0 Å². The molecule has 3 N–H and O–H groups in total. The number of aromatic hydroxyl groups is 1. The summed E-state index contributed by atoms with van der Waals surface area (Å²) in [5.74, 6) is -2.84. The van der Waals surface area contributed by atoms with E-state index in [1.807, 2.05) is 6.07 Å². The molecular formula is C23H19F2N3O3. The number of allylic oxidation sites excluding steroid dienone is 3. The second kappa shape index (κ2) is 7.76. The minimum Gasteiger partial charge on any atom is -0.504 e. The molecule has 0 unspecified atom stereocenters. The Bertz CT molecular complexity index is 1180. The van der Waals surface area contributed by atoms with Gasteiger partial charge in [0.1, 0.15) is 23.1 Å². The van der Waals surface area contributed by atoms with Crippen molar-refractivity contribution in [3.8, 4) is 17.6 Å². The lowest BCUT2D eigenvalue weighted by Gasteiger charge is -2.39. The number of para-hydroxylation sites is 1. The first-order valence-electron chi connectivity index (χ1n) is 9.66. The van der Waals surface area contributed by atoms with Crippen molar-refractivity contribution in [1.82, 2.24) is 0 Å². The van der Waals surface area contributed by atoms with Crippen LogP contribution >= 0.6 is 0 Å². The van der Waals surface area contributed by atoms with Crippen molar-refractivity contribution in [2.24, 2.45) is 5.73 Å². The second-order valence-corrected chi connectivity index (χ2v) is 7.32. The number of ketones is 1. The van der Waals surface area contributed by atoms with Gasteiger partial charge in [-0.25, -0.2) is 8.78 Å². The van der Waals surface area contributed by atoms with E-state index in [4.69, 9.17) is 10.5 Å². The number of carbonyl (C=O) groups is 1. The van der Waals surface area contributed by atoms with Crippen LogP contribution in [-0.2, 0) is 4.79 Å². The van der Waals surface area contributed by atoms with Gasteiger partial charge in [-0.2, -0.15) is 5.26 Å². The van der Waals surface area contributed by atoms with Crippen LogP contribution in [0.25, 0.3) is 0 Å². The molecule has 1 heterocycles. The Balaban J connectivity index is 2.01. The molecule has 1 atom stereocenters. The summed E-state index contributed by atoms with van der Waals surface area (Å²) in [6.45, 7) is 0. The Morgan fingerprint density at radius 2 is 1.94 bits per heavy atom. The van der Waals surface area contributed by atoms with Gasteiger partial charge >= 0.3 is 0 Å². The highest BCUT2D eigenvalue weighted by molar-refractivity contribution is 6.01. The average molecular weight is 423 g/mol. The molecule has 31 heavy (non-hydrogen) atoms. The fourth-order valence-electron chi connectivity index (χ4n) is 4.25. The maximum Gasteiger partial charge on any atom is 0.161 e. The lowest BCUT2D eigenvalue weighted by Crippen LogP contribution is -2.39. The molecule has 0 fully saturated rings. The van der Waals surface area contributed by atoms with E-state index in [0.29, 0.717) is 24.1 Å². The van der Waals surface area contributed by atoms with Crippen LogP contribution in [0.3, 0.4) is 0 Å². The van der Waals surface area contributed by atoms with Gasteiger partial charge in [-0.15, -0.1) is 0 Å². The van der Waals surface area contributed by atoms with E-state index in [1.165, 1.54) is 25.3 Å². The van der Waals surface area contributed by atoms with Crippen molar-refractivity contribution in [3.05, 3.63) is 76.3 Å². The first kappa shape index (κ1) is 20.4. The zero-order valence-electron chi connectivity index (χ0n) is 16.7. The Hall–Kier alpha value is -3.86. The summed E-state index contributed by atoms with van der Waals surface area (Å²) >= 11 is 0. The third-order valence-corrected chi connectivity index (χ3v) is 5.61. The third kappa shape index (κ3) is 3.19. The van der Waals surface area contributed by atoms with E-state index in [9.17, 15) is 23.9 Å². The highest BCUT2D eigenvalue weighted by atomic mass is 19.1. The fraction of sp³-hybridized carbons (Fsp3) is 0.217. The van der Waals surface area contributed by atoms with Gasteiger partial charge in [-0.05, 0) is 42.7 Å². The number of phenols is 1. The van der Waals surface area contributed by atoms with E-state index in [-0.39, 0.29) is 40.7 Å². The second-order valence-electron chi connectivity index (χ2n) is 7.32. The monoisotopic (exact) mass is 423 g/mol. The number of nitrogens with zero attached hydrogens (tertiary/aromatic N) is 2. The third-order valence-electron chi connectivity index (χ3n) is 5.61. The largest absolute Gasteiger partial charge is 0.504 e. The quantitative estimate of drug-likeness (QED) is 0.775. The molecule has 158 valence electrons. The number of ether oxygens (including phenoxy) is 1. The van der Waals surface area contributed by atoms with Gasteiger partial charge in [0.2, 0.25) is 0 Å². The smallest absolute Gasteiger partial charge is 0.161 e. The molecule has 0 amide bonds. The summed E-state index contributed by atoms with van der Waals surface area (Å²) < 4.78 is 34.5. The molecule has 8 heteroatoms. The van der Waals surface area contributed by atoms with Crippen LogP contribution in [-0.4, -0.2) is 18.0 Å². The van der Waals surface area contributed by atoms with E-state index in [2.05, 4.69) is 0 Å². The van der Waals surface area contributed by atoms with Crippen LogP contribution in [0.5, 0.6) is 11.5 Å². The average Bonchev–Trinajstić information content (AvgIpc) is 2.75. The van der Waals surface area contributed by atoms with E-state index >= 15 is 0 Å². The number of hydrogen-bond donors (Lipinski definition) is 2. The number of nitrogens with two attached hydrogens (primary N) is 1. The lowest BCUT2D eigenvalue weighted by atomic mass is 9.75. The van der Waals surface area contributed by atoms with Crippen LogP contribution in [0.1, 0.15) is 30.7 Å². The number of nitriles is 1. The molecule has 1 aliphatic heterocycles. The maximum absolute atomic E-state index is 14.7. The number of Topliss-reactive ketones (excluding diaryl/α,β-unsaturated/α-hetero) is 1. The van der Waals surface area contributed by atoms with Crippen molar-refractivity contribution >= 4 is 11.5 Å². The molecule has 0 saturated heterocycles. The number of hydrogen-bond acceptors (Lipinski definition) is 6. The molecule has 0 bridgehead atoms. The fourth-order valence-corrected chi connectivity index (χ4v) is 4.25. The molecule has 0 spiro atoms.